The lowest BCUT2D eigenvalue weighted by atomic mass is 10.1. The number of carbonyl (C=O) groups is 1. The molecule has 0 atom stereocenters. The second-order valence-electron chi connectivity index (χ2n) is 5.81. The molecule has 1 saturated carbocycles. The predicted octanol–water partition coefficient (Wildman–Crippen LogP) is 3.06. The summed E-state index contributed by atoms with van der Waals surface area (Å²) in [6.07, 6.45) is 2.37. The highest BCUT2D eigenvalue weighted by Gasteiger charge is 2.30. The van der Waals surface area contributed by atoms with Crippen LogP contribution in [0.15, 0.2) is 48.5 Å². The maximum absolute atomic E-state index is 10.8. The Bertz CT molecular complexity index is 666. The van der Waals surface area contributed by atoms with Gasteiger partial charge in [-0.05, 0) is 36.1 Å². The van der Waals surface area contributed by atoms with Gasteiger partial charge in [0.25, 0.3) is 0 Å². The lowest BCUT2D eigenvalue weighted by Crippen LogP contribution is -2.26. The number of anilines is 2. The first-order valence-corrected chi connectivity index (χ1v) is 7.54. The van der Waals surface area contributed by atoms with Gasteiger partial charge in [0.15, 0.2) is 0 Å². The largest absolute Gasteiger partial charge is 0.481 e. The second kappa shape index (κ2) is 6.10. The summed E-state index contributed by atoms with van der Waals surface area (Å²) in [6.45, 7) is 0.827. The first kappa shape index (κ1) is 14.4. The Kier molecular flexibility index (Phi) is 4.00. The van der Waals surface area contributed by atoms with Crippen molar-refractivity contribution in [2.75, 3.05) is 10.6 Å². The van der Waals surface area contributed by atoms with Crippen LogP contribution in [0.5, 0.6) is 0 Å². The number of carboxylic acid groups (broad SMARTS) is 1. The van der Waals surface area contributed by atoms with Gasteiger partial charge in [-0.1, -0.05) is 36.4 Å². The maximum atomic E-state index is 10.8. The van der Waals surface area contributed by atoms with Crippen LogP contribution in [0.3, 0.4) is 0 Å². The lowest BCUT2D eigenvalue weighted by molar-refractivity contribution is -0.136. The third-order valence-corrected chi connectivity index (χ3v) is 3.94. The van der Waals surface area contributed by atoms with Gasteiger partial charge in [0.1, 0.15) is 0 Å². The van der Waals surface area contributed by atoms with Crippen molar-refractivity contribution in [2.24, 2.45) is 0 Å². The van der Waals surface area contributed by atoms with E-state index in [1.54, 1.807) is 6.07 Å². The number of nitrogens with zero attached hydrogens (tertiary/aromatic N) is 1. The van der Waals surface area contributed by atoms with Crippen LogP contribution in [0.4, 0.5) is 11.4 Å². The highest BCUT2D eigenvalue weighted by Crippen LogP contribution is 2.36. The van der Waals surface area contributed by atoms with Gasteiger partial charge in [-0.25, -0.2) is 0 Å². The fourth-order valence-corrected chi connectivity index (χ4v) is 2.73. The first-order valence-electron chi connectivity index (χ1n) is 7.54. The second-order valence-corrected chi connectivity index (χ2v) is 5.81. The van der Waals surface area contributed by atoms with Crippen molar-refractivity contribution >= 4 is 17.3 Å². The molecule has 0 aromatic heterocycles. The standard InChI is InChI=1S/C18H20N2O2/c19-16-10-14(11-18(21)22)6-9-17(16)20(15-7-8-15)12-13-4-2-1-3-5-13/h1-6,9-10,15H,7-8,11-12,19H2,(H,21,22). The minimum atomic E-state index is -0.838. The van der Waals surface area contributed by atoms with E-state index < -0.39 is 5.97 Å². The fourth-order valence-electron chi connectivity index (χ4n) is 2.73. The lowest BCUT2D eigenvalue weighted by Gasteiger charge is -2.26. The molecular formula is C18H20N2O2. The van der Waals surface area contributed by atoms with Gasteiger partial charge < -0.3 is 15.7 Å². The highest BCUT2D eigenvalue weighted by atomic mass is 16.4. The summed E-state index contributed by atoms with van der Waals surface area (Å²) in [5, 5.41) is 8.88. The van der Waals surface area contributed by atoms with Crippen molar-refractivity contribution in [2.45, 2.75) is 31.8 Å². The van der Waals surface area contributed by atoms with Crippen molar-refractivity contribution in [1.29, 1.82) is 0 Å². The van der Waals surface area contributed by atoms with Crippen LogP contribution < -0.4 is 10.6 Å². The summed E-state index contributed by atoms with van der Waals surface area (Å²) in [5.74, 6) is -0.838. The molecule has 1 aliphatic carbocycles. The maximum Gasteiger partial charge on any atom is 0.307 e. The molecule has 22 heavy (non-hydrogen) atoms. The number of hydrogen-bond acceptors (Lipinski definition) is 3. The average molecular weight is 296 g/mol. The molecule has 3 N–H and O–H groups in total. The van der Waals surface area contributed by atoms with E-state index in [0.717, 1.165) is 17.8 Å². The van der Waals surface area contributed by atoms with E-state index >= 15 is 0 Å². The van der Waals surface area contributed by atoms with Gasteiger partial charge in [0, 0.05) is 12.6 Å². The number of aliphatic carboxylic acids is 1. The Hall–Kier alpha value is -2.49. The fraction of sp³-hybridized carbons (Fsp3) is 0.278. The number of rotatable bonds is 6. The van der Waals surface area contributed by atoms with Gasteiger partial charge in [-0.3, -0.25) is 4.79 Å². The van der Waals surface area contributed by atoms with E-state index in [1.165, 1.54) is 18.4 Å². The van der Waals surface area contributed by atoms with E-state index in [-0.39, 0.29) is 6.42 Å². The van der Waals surface area contributed by atoms with E-state index in [0.29, 0.717) is 11.7 Å². The van der Waals surface area contributed by atoms with E-state index in [4.69, 9.17) is 10.8 Å². The summed E-state index contributed by atoms with van der Waals surface area (Å²) in [7, 11) is 0. The molecule has 0 spiro atoms. The Morgan fingerprint density at radius 3 is 2.45 bits per heavy atom. The summed E-state index contributed by atoms with van der Waals surface area (Å²) in [6, 6.07) is 16.5. The number of hydrogen-bond donors (Lipinski definition) is 2. The molecule has 0 saturated heterocycles. The van der Waals surface area contributed by atoms with E-state index in [1.807, 2.05) is 30.3 Å². The summed E-state index contributed by atoms with van der Waals surface area (Å²) in [4.78, 5) is 13.1. The Balaban J connectivity index is 1.84. The third-order valence-electron chi connectivity index (χ3n) is 3.94. The van der Waals surface area contributed by atoms with E-state index in [9.17, 15) is 4.79 Å². The van der Waals surface area contributed by atoms with Crippen molar-refractivity contribution < 1.29 is 9.90 Å². The Labute approximate surface area is 130 Å². The average Bonchev–Trinajstić information content (AvgIpc) is 3.30. The molecule has 4 nitrogen and oxygen atoms in total. The molecule has 3 rings (SSSR count). The Morgan fingerprint density at radius 2 is 1.86 bits per heavy atom. The molecule has 1 fully saturated rings. The molecule has 1 aliphatic rings. The number of nitrogen functional groups attached to an aromatic ring is 1. The topological polar surface area (TPSA) is 66.6 Å². The van der Waals surface area contributed by atoms with Crippen LogP contribution in [0.2, 0.25) is 0 Å². The van der Waals surface area contributed by atoms with Crippen LogP contribution in [0, 0.1) is 0 Å². The van der Waals surface area contributed by atoms with Crippen molar-refractivity contribution in [3.8, 4) is 0 Å². The third kappa shape index (κ3) is 3.39. The molecule has 0 radical (unpaired) electrons. The van der Waals surface area contributed by atoms with Crippen LogP contribution in [0.1, 0.15) is 24.0 Å². The number of nitrogens with two attached hydrogens (primary N) is 1. The van der Waals surface area contributed by atoms with Crippen LogP contribution in [-0.2, 0) is 17.8 Å². The van der Waals surface area contributed by atoms with Gasteiger partial charge in [0.05, 0.1) is 17.8 Å². The minimum absolute atomic E-state index is 0.00654. The van der Waals surface area contributed by atoms with Crippen LogP contribution in [-0.4, -0.2) is 17.1 Å². The first-order chi connectivity index (χ1) is 10.6. The normalized spacial score (nSPS) is 13.8. The molecule has 4 heteroatoms. The molecular weight excluding hydrogens is 276 g/mol. The molecule has 114 valence electrons. The molecule has 0 unspecified atom stereocenters. The monoisotopic (exact) mass is 296 g/mol. The van der Waals surface area contributed by atoms with Gasteiger partial charge in [-0.2, -0.15) is 0 Å². The van der Waals surface area contributed by atoms with Crippen molar-refractivity contribution in [1.82, 2.24) is 0 Å². The summed E-state index contributed by atoms with van der Waals surface area (Å²) in [5.41, 5.74) is 9.83. The molecule has 0 amide bonds. The molecule has 0 aliphatic heterocycles. The quantitative estimate of drug-likeness (QED) is 0.804. The van der Waals surface area contributed by atoms with Crippen LogP contribution >= 0.6 is 0 Å². The number of benzene rings is 2. The molecule has 2 aromatic rings. The number of carboxylic acids is 1. The molecule has 0 heterocycles. The smallest absolute Gasteiger partial charge is 0.307 e. The summed E-state index contributed by atoms with van der Waals surface area (Å²) >= 11 is 0. The van der Waals surface area contributed by atoms with Gasteiger partial charge >= 0.3 is 5.97 Å². The van der Waals surface area contributed by atoms with Crippen molar-refractivity contribution in [3.05, 3.63) is 59.7 Å². The minimum Gasteiger partial charge on any atom is -0.481 e. The summed E-state index contributed by atoms with van der Waals surface area (Å²) < 4.78 is 0. The Morgan fingerprint density at radius 1 is 1.14 bits per heavy atom. The van der Waals surface area contributed by atoms with Gasteiger partial charge in [-0.15, -0.1) is 0 Å². The molecule has 2 aromatic carbocycles. The SMILES string of the molecule is Nc1cc(CC(=O)O)ccc1N(Cc1ccccc1)C1CC1. The molecule has 0 bridgehead atoms. The highest BCUT2D eigenvalue weighted by molar-refractivity contribution is 5.74. The van der Waals surface area contributed by atoms with Gasteiger partial charge in [0.2, 0.25) is 0 Å². The predicted molar refractivity (Wildman–Crippen MR) is 87.8 cm³/mol. The van der Waals surface area contributed by atoms with Crippen molar-refractivity contribution in [3.63, 3.8) is 0 Å². The zero-order valence-electron chi connectivity index (χ0n) is 12.4. The zero-order chi connectivity index (χ0) is 15.5. The van der Waals surface area contributed by atoms with Crippen LogP contribution in [0.25, 0.3) is 0 Å². The zero-order valence-corrected chi connectivity index (χ0v) is 12.4. The van der Waals surface area contributed by atoms with E-state index in [2.05, 4.69) is 17.0 Å².